The van der Waals surface area contributed by atoms with Crippen molar-refractivity contribution in [3.8, 4) is 0 Å². The van der Waals surface area contributed by atoms with Crippen LogP contribution in [0.1, 0.15) is 12.8 Å². The number of rotatable bonds is 6. The molecule has 4 N–H and O–H groups in total. The summed E-state index contributed by atoms with van der Waals surface area (Å²) in [5.74, 6) is 0. The van der Waals surface area contributed by atoms with Crippen molar-refractivity contribution in [3.05, 3.63) is 0 Å². The lowest BCUT2D eigenvalue weighted by Crippen LogP contribution is -2.51. The van der Waals surface area contributed by atoms with Crippen LogP contribution >= 0.6 is 15.6 Å². The van der Waals surface area contributed by atoms with Crippen LogP contribution in [0.3, 0.4) is 0 Å². The summed E-state index contributed by atoms with van der Waals surface area (Å²) in [6.45, 7) is 3.83. The van der Waals surface area contributed by atoms with E-state index in [1.807, 2.05) is 21.1 Å². The average Bonchev–Trinajstić information content (AvgIpc) is 2.91. The van der Waals surface area contributed by atoms with Crippen LogP contribution in [-0.4, -0.2) is 107 Å². The van der Waals surface area contributed by atoms with Gasteiger partial charge in [0.05, 0.1) is 13.2 Å². The van der Waals surface area contributed by atoms with E-state index >= 15 is 0 Å². The summed E-state index contributed by atoms with van der Waals surface area (Å²) >= 11 is 0. The minimum Gasteiger partial charge on any atom is -0.303 e. The molecule has 0 amide bonds. The predicted octanol–water partition coefficient (Wildman–Crippen LogP) is -0.469. The fraction of sp³-hybridized carbons (Fsp3) is 1.00. The second kappa shape index (κ2) is 10.6. The maximum absolute atomic E-state index is 10.5. The van der Waals surface area contributed by atoms with Crippen LogP contribution in [0.2, 0.25) is 0 Å². The summed E-state index contributed by atoms with van der Waals surface area (Å²) in [5.41, 5.74) is 0. The van der Waals surface area contributed by atoms with Crippen molar-refractivity contribution < 1.29 is 37.8 Å². The van der Waals surface area contributed by atoms with Crippen LogP contribution in [0.5, 0.6) is 0 Å². The topological polar surface area (TPSA) is 143 Å². The van der Waals surface area contributed by atoms with E-state index in [0.717, 1.165) is 39.0 Å². The summed E-state index contributed by atoms with van der Waals surface area (Å²) in [6.07, 6.45) is 2.03. The summed E-state index contributed by atoms with van der Waals surface area (Å²) < 4.78 is 29.7. The highest BCUT2D eigenvalue weighted by Crippen LogP contribution is 2.37. The monoisotopic (exact) mass is 419 g/mol. The number of nitrogens with zero attached hydrogens (tertiary/aromatic N) is 3. The van der Waals surface area contributed by atoms with Gasteiger partial charge in [0.15, 0.2) is 0 Å². The van der Waals surface area contributed by atoms with Gasteiger partial charge in [-0.15, -0.1) is 0 Å². The molecule has 2 aliphatic rings. The van der Waals surface area contributed by atoms with Gasteiger partial charge in [-0.3, -0.25) is 13.9 Å². The van der Waals surface area contributed by atoms with Crippen LogP contribution < -0.4 is 0 Å². The van der Waals surface area contributed by atoms with Crippen LogP contribution in [0, 0.1) is 0 Å². The lowest BCUT2D eigenvalue weighted by Gasteiger charge is -2.37. The number of hydrogen-bond donors (Lipinski definition) is 4. The van der Waals surface area contributed by atoms with Crippen molar-refractivity contribution in [3.63, 3.8) is 0 Å². The zero-order valence-corrected chi connectivity index (χ0v) is 17.3. The van der Waals surface area contributed by atoms with E-state index in [2.05, 4.69) is 23.7 Å². The Morgan fingerprint density at radius 1 is 0.846 bits per heavy atom. The van der Waals surface area contributed by atoms with Gasteiger partial charge in [-0.05, 0) is 40.5 Å². The van der Waals surface area contributed by atoms with E-state index in [1.165, 1.54) is 0 Å². The van der Waals surface area contributed by atoms with Gasteiger partial charge in [0.25, 0.3) is 0 Å². The molecule has 2 rings (SSSR count). The van der Waals surface area contributed by atoms with Gasteiger partial charge in [0.1, 0.15) is 0 Å². The Labute approximate surface area is 154 Å². The highest BCUT2D eigenvalue weighted by atomic mass is 31.2. The molecule has 0 spiro atoms. The molecule has 2 aliphatic heterocycles. The van der Waals surface area contributed by atoms with E-state index in [1.54, 1.807) is 0 Å². The quantitative estimate of drug-likeness (QED) is 0.415. The van der Waals surface area contributed by atoms with Crippen molar-refractivity contribution in [1.29, 1.82) is 0 Å². The standard InChI is InChI=1S/C7H17N2O4P.C6H14NO4P/c1-8-3-4-9(2)7(5-8)6-13-14(10,11)12;1-7-4-2-3-6(7)5-11-12(8,9)10/h7H,3-6H2,1-2H3,(H2,10,11,12);6H,2-5H2,1H3,(H2,8,9,10)/t7-;6-/m00/s1. The van der Waals surface area contributed by atoms with Gasteiger partial charge in [-0.25, -0.2) is 9.13 Å². The molecule has 2 fully saturated rings. The van der Waals surface area contributed by atoms with E-state index in [4.69, 9.17) is 19.6 Å². The molecule has 0 radical (unpaired) electrons. The Morgan fingerprint density at radius 3 is 1.81 bits per heavy atom. The SMILES string of the molecule is CN1CCC[C@H]1COP(=O)(O)O.CN1CCN(C)[C@H](COP(=O)(O)O)C1. The number of hydrogen-bond acceptors (Lipinski definition) is 7. The molecule has 0 unspecified atom stereocenters. The molecule has 0 saturated carbocycles. The molecule has 2 saturated heterocycles. The molecule has 2 heterocycles. The first kappa shape index (κ1) is 24.1. The third kappa shape index (κ3) is 10.4. The normalized spacial score (nSPS) is 26.6. The molecule has 0 bridgehead atoms. The summed E-state index contributed by atoms with van der Waals surface area (Å²) in [4.78, 5) is 40.2. The molecule has 0 aromatic rings. The highest BCUT2D eigenvalue weighted by molar-refractivity contribution is 7.46. The minimum absolute atomic E-state index is 0.0568. The summed E-state index contributed by atoms with van der Waals surface area (Å²) in [5, 5.41) is 0. The molecule has 0 aromatic heterocycles. The van der Waals surface area contributed by atoms with Crippen molar-refractivity contribution in [2.75, 3.05) is 60.5 Å². The first-order valence-electron chi connectivity index (χ1n) is 8.36. The lowest BCUT2D eigenvalue weighted by molar-refractivity contribution is 0.0657. The van der Waals surface area contributed by atoms with Gasteiger partial charge in [-0.2, -0.15) is 0 Å². The minimum atomic E-state index is -4.32. The average molecular weight is 419 g/mol. The fourth-order valence-electron chi connectivity index (χ4n) is 2.84. The van der Waals surface area contributed by atoms with Gasteiger partial charge in [-0.1, -0.05) is 0 Å². The second-order valence-electron chi connectivity index (χ2n) is 6.75. The zero-order chi connectivity index (χ0) is 20.0. The second-order valence-corrected chi connectivity index (χ2v) is 9.22. The van der Waals surface area contributed by atoms with Crippen LogP contribution in [-0.2, 0) is 18.2 Å². The maximum atomic E-state index is 10.5. The molecule has 2 atom stereocenters. The Kier molecular flexibility index (Phi) is 9.83. The number of likely N-dealkylation sites (tertiary alicyclic amines) is 1. The molecule has 26 heavy (non-hydrogen) atoms. The van der Waals surface area contributed by atoms with Gasteiger partial charge in [0.2, 0.25) is 0 Å². The molecule has 0 aromatic carbocycles. The molecular weight excluding hydrogens is 388 g/mol. The highest BCUT2D eigenvalue weighted by Gasteiger charge is 2.26. The smallest absolute Gasteiger partial charge is 0.303 e. The summed E-state index contributed by atoms with van der Waals surface area (Å²) in [6, 6.07) is 0.221. The van der Waals surface area contributed by atoms with Crippen molar-refractivity contribution in [2.45, 2.75) is 24.9 Å². The third-order valence-corrected chi connectivity index (χ3v) is 5.49. The molecule has 156 valence electrons. The van der Waals surface area contributed by atoms with Crippen molar-refractivity contribution >= 4 is 15.6 Å². The number of likely N-dealkylation sites (N-methyl/N-ethyl adjacent to an activating group) is 3. The van der Waals surface area contributed by atoms with Gasteiger partial charge >= 0.3 is 15.6 Å². The van der Waals surface area contributed by atoms with Gasteiger partial charge in [0, 0.05) is 31.7 Å². The lowest BCUT2D eigenvalue weighted by atomic mass is 10.2. The first-order chi connectivity index (χ1) is 11.9. The van der Waals surface area contributed by atoms with Crippen molar-refractivity contribution in [2.24, 2.45) is 0 Å². The third-order valence-electron chi connectivity index (χ3n) is 4.52. The summed E-state index contributed by atoms with van der Waals surface area (Å²) in [7, 11) is -2.75. The Hall–Kier alpha value is 0.1000. The predicted molar refractivity (Wildman–Crippen MR) is 95.6 cm³/mol. The number of phosphoric acid groups is 2. The molecule has 11 nitrogen and oxygen atoms in total. The van der Waals surface area contributed by atoms with E-state index < -0.39 is 15.6 Å². The first-order valence-corrected chi connectivity index (χ1v) is 11.4. The molecular formula is C13H31N3O8P2. The van der Waals surface area contributed by atoms with Crippen LogP contribution in [0.25, 0.3) is 0 Å². The number of piperazine rings is 1. The number of phosphoric ester groups is 2. The maximum Gasteiger partial charge on any atom is 0.469 e. The Bertz CT molecular complexity index is 514. The Balaban J connectivity index is 0.000000263. The van der Waals surface area contributed by atoms with E-state index in [0.29, 0.717) is 0 Å². The molecule has 13 heteroatoms. The van der Waals surface area contributed by atoms with E-state index in [-0.39, 0.29) is 25.3 Å². The van der Waals surface area contributed by atoms with E-state index in [9.17, 15) is 9.13 Å². The van der Waals surface area contributed by atoms with Crippen LogP contribution in [0.15, 0.2) is 0 Å². The Morgan fingerprint density at radius 2 is 1.35 bits per heavy atom. The van der Waals surface area contributed by atoms with Gasteiger partial charge < -0.3 is 29.4 Å². The molecule has 0 aliphatic carbocycles. The largest absolute Gasteiger partial charge is 0.469 e. The van der Waals surface area contributed by atoms with Crippen molar-refractivity contribution in [1.82, 2.24) is 14.7 Å². The zero-order valence-electron chi connectivity index (χ0n) is 15.5. The fourth-order valence-corrected chi connectivity index (χ4v) is 3.57. The van der Waals surface area contributed by atoms with Crippen LogP contribution in [0.4, 0.5) is 0 Å².